The number of hydrogen-bond donors (Lipinski definition) is 1. The molecule has 15 heavy (non-hydrogen) atoms. The predicted molar refractivity (Wildman–Crippen MR) is 61.9 cm³/mol. The highest BCUT2D eigenvalue weighted by atomic mass is 16.5. The molecule has 1 fully saturated rings. The van der Waals surface area contributed by atoms with Crippen LogP contribution in [-0.2, 0) is 9.47 Å². The van der Waals surface area contributed by atoms with Gasteiger partial charge in [-0.3, -0.25) is 0 Å². The molecule has 0 saturated heterocycles. The SMILES string of the molecule is CC(C)OCCOC1(CN)CCCCC1. The van der Waals surface area contributed by atoms with Crippen molar-refractivity contribution in [2.24, 2.45) is 5.73 Å². The third kappa shape index (κ3) is 4.49. The van der Waals surface area contributed by atoms with Crippen LogP contribution in [0.25, 0.3) is 0 Å². The van der Waals surface area contributed by atoms with Gasteiger partial charge in [0.05, 0.1) is 24.9 Å². The maximum Gasteiger partial charge on any atom is 0.0805 e. The smallest absolute Gasteiger partial charge is 0.0805 e. The van der Waals surface area contributed by atoms with Crippen LogP contribution in [0.15, 0.2) is 0 Å². The highest BCUT2D eigenvalue weighted by Crippen LogP contribution is 2.30. The maximum atomic E-state index is 5.92. The van der Waals surface area contributed by atoms with E-state index in [0.29, 0.717) is 19.8 Å². The van der Waals surface area contributed by atoms with Crippen molar-refractivity contribution in [3.8, 4) is 0 Å². The van der Waals surface area contributed by atoms with Crippen molar-refractivity contribution in [2.45, 2.75) is 57.7 Å². The Hall–Kier alpha value is -0.120. The molecule has 0 aromatic rings. The van der Waals surface area contributed by atoms with E-state index in [1.165, 1.54) is 19.3 Å². The van der Waals surface area contributed by atoms with E-state index in [2.05, 4.69) is 0 Å². The van der Waals surface area contributed by atoms with Gasteiger partial charge in [0, 0.05) is 6.54 Å². The van der Waals surface area contributed by atoms with E-state index in [4.69, 9.17) is 15.2 Å². The molecule has 0 spiro atoms. The fourth-order valence-electron chi connectivity index (χ4n) is 2.15. The van der Waals surface area contributed by atoms with Crippen molar-refractivity contribution < 1.29 is 9.47 Å². The second-order valence-electron chi connectivity index (χ2n) is 4.72. The average Bonchev–Trinajstić information content (AvgIpc) is 2.26. The summed E-state index contributed by atoms with van der Waals surface area (Å²) >= 11 is 0. The monoisotopic (exact) mass is 215 g/mol. The Bertz CT molecular complexity index is 165. The van der Waals surface area contributed by atoms with Crippen LogP contribution in [0.5, 0.6) is 0 Å². The summed E-state index contributed by atoms with van der Waals surface area (Å²) in [5, 5.41) is 0. The van der Waals surface area contributed by atoms with Gasteiger partial charge >= 0.3 is 0 Å². The second kappa shape index (κ2) is 6.46. The Morgan fingerprint density at radius 1 is 1.13 bits per heavy atom. The molecule has 1 rings (SSSR count). The molecule has 0 unspecified atom stereocenters. The van der Waals surface area contributed by atoms with Gasteiger partial charge in [-0.15, -0.1) is 0 Å². The van der Waals surface area contributed by atoms with E-state index in [9.17, 15) is 0 Å². The first-order chi connectivity index (χ1) is 7.18. The quantitative estimate of drug-likeness (QED) is 0.690. The molecule has 3 nitrogen and oxygen atoms in total. The van der Waals surface area contributed by atoms with Crippen LogP contribution in [0.2, 0.25) is 0 Å². The molecule has 2 N–H and O–H groups in total. The molecule has 0 aromatic heterocycles. The van der Waals surface area contributed by atoms with Gasteiger partial charge in [0.1, 0.15) is 0 Å². The third-order valence-corrected chi connectivity index (χ3v) is 3.08. The third-order valence-electron chi connectivity index (χ3n) is 3.08. The fraction of sp³-hybridized carbons (Fsp3) is 1.00. The van der Waals surface area contributed by atoms with Crippen molar-refractivity contribution in [3.63, 3.8) is 0 Å². The first-order valence-corrected chi connectivity index (χ1v) is 6.14. The highest BCUT2D eigenvalue weighted by Gasteiger charge is 2.31. The van der Waals surface area contributed by atoms with Crippen LogP contribution < -0.4 is 5.73 Å². The van der Waals surface area contributed by atoms with Crippen LogP contribution in [0, 0.1) is 0 Å². The maximum absolute atomic E-state index is 5.92. The van der Waals surface area contributed by atoms with Crippen LogP contribution >= 0.6 is 0 Å². The topological polar surface area (TPSA) is 44.5 Å². The normalized spacial score (nSPS) is 20.8. The summed E-state index contributed by atoms with van der Waals surface area (Å²) < 4.78 is 11.4. The molecule has 0 amide bonds. The Labute approximate surface area is 93.3 Å². The van der Waals surface area contributed by atoms with E-state index in [1.54, 1.807) is 0 Å². The van der Waals surface area contributed by atoms with Crippen molar-refractivity contribution in [2.75, 3.05) is 19.8 Å². The van der Waals surface area contributed by atoms with Crippen molar-refractivity contribution >= 4 is 0 Å². The van der Waals surface area contributed by atoms with E-state index >= 15 is 0 Å². The van der Waals surface area contributed by atoms with Gasteiger partial charge in [0.25, 0.3) is 0 Å². The largest absolute Gasteiger partial charge is 0.376 e. The van der Waals surface area contributed by atoms with Crippen molar-refractivity contribution in [3.05, 3.63) is 0 Å². The minimum absolute atomic E-state index is 0.0431. The lowest BCUT2D eigenvalue weighted by atomic mass is 9.85. The molecular formula is C12H25NO2. The molecular weight excluding hydrogens is 190 g/mol. The summed E-state index contributed by atoms with van der Waals surface area (Å²) in [5.41, 5.74) is 5.77. The molecule has 1 aliphatic carbocycles. The molecule has 0 heterocycles. The fourth-order valence-corrected chi connectivity index (χ4v) is 2.15. The van der Waals surface area contributed by atoms with E-state index < -0.39 is 0 Å². The molecule has 0 atom stereocenters. The van der Waals surface area contributed by atoms with Gasteiger partial charge < -0.3 is 15.2 Å². The zero-order valence-corrected chi connectivity index (χ0v) is 10.1. The van der Waals surface area contributed by atoms with E-state index in [1.807, 2.05) is 13.8 Å². The van der Waals surface area contributed by atoms with E-state index in [-0.39, 0.29) is 11.7 Å². The van der Waals surface area contributed by atoms with Gasteiger partial charge in [-0.1, -0.05) is 19.3 Å². The molecule has 1 aliphatic rings. The zero-order chi connectivity index (χ0) is 11.1. The predicted octanol–water partition coefficient (Wildman–Crippen LogP) is 2.09. The Balaban J connectivity index is 2.20. The molecule has 0 bridgehead atoms. The van der Waals surface area contributed by atoms with E-state index in [0.717, 1.165) is 12.8 Å². The minimum atomic E-state index is -0.0431. The van der Waals surface area contributed by atoms with Gasteiger partial charge in [-0.05, 0) is 26.7 Å². The summed E-state index contributed by atoms with van der Waals surface area (Å²) in [6.45, 7) is 6.09. The zero-order valence-electron chi connectivity index (χ0n) is 10.1. The summed E-state index contributed by atoms with van der Waals surface area (Å²) in [6, 6.07) is 0. The van der Waals surface area contributed by atoms with Crippen LogP contribution in [0.3, 0.4) is 0 Å². The van der Waals surface area contributed by atoms with Crippen LogP contribution in [0.4, 0.5) is 0 Å². The lowest BCUT2D eigenvalue weighted by Gasteiger charge is -2.36. The number of rotatable bonds is 6. The minimum Gasteiger partial charge on any atom is -0.376 e. The Kier molecular flexibility index (Phi) is 5.58. The van der Waals surface area contributed by atoms with Gasteiger partial charge in [0.15, 0.2) is 0 Å². The summed E-state index contributed by atoms with van der Waals surface area (Å²) in [6.07, 6.45) is 6.35. The molecule has 90 valence electrons. The summed E-state index contributed by atoms with van der Waals surface area (Å²) in [4.78, 5) is 0. The van der Waals surface area contributed by atoms with Crippen LogP contribution in [0.1, 0.15) is 46.0 Å². The second-order valence-corrected chi connectivity index (χ2v) is 4.72. The van der Waals surface area contributed by atoms with Gasteiger partial charge in [0.2, 0.25) is 0 Å². The number of nitrogens with two attached hydrogens (primary N) is 1. The first kappa shape index (κ1) is 12.9. The standard InChI is InChI=1S/C12H25NO2/c1-11(2)14-8-9-15-12(10-13)6-4-3-5-7-12/h11H,3-10,13H2,1-2H3. The van der Waals surface area contributed by atoms with Gasteiger partial charge in [-0.2, -0.15) is 0 Å². The number of ether oxygens (including phenoxy) is 2. The molecule has 0 radical (unpaired) electrons. The first-order valence-electron chi connectivity index (χ1n) is 6.14. The number of hydrogen-bond acceptors (Lipinski definition) is 3. The molecule has 3 heteroatoms. The average molecular weight is 215 g/mol. The lowest BCUT2D eigenvalue weighted by Crippen LogP contribution is -2.43. The van der Waals surface area contributed by atoms with Crippen molar-refractivity contribution in [1.82, 2.24) is 0 Å². The van der Waals surface area contributed by atoms with Crippen molar-refractivity contribution in [1.29, 1.82) is 0 Å². The lowest BCUT2D eigenvalue weighted by molar-refractivity contribution is -0.0874. The highest BCUT2D eigenvalue weighted by molar-refractivity contribution is 4.85. The molecule has 1 saturated carbocycles. The summed E-state index contributed by atoms with van der Waals surface area (Å²) in [5.74, 6) is 0. The van der Waals surface area contributed by atoms with Gasteiger partial charge in [-0.25, -0.2) is 0 Å². The summed E-state index contributed by atoms with van der Waals surface area (Å²) in [7, 11) is 0. The molecule has 0 aromatic carbocycles. The van der Waals surface area contributed by atoms with Crippen LogP contribution in [-0.4, -0.2) is 31.5 Å². The molecule has 0 aliphatic heterocycles. The Morgan fingerprint density at radius 3 is 2.33 bits per heavy atom. The Morgan fingerprint density at radius 2 is 1.80 bits per heavy atom.